The summed E-state index contributed by atoms with van der Waals surface area (Å²) in [5.74, 6) is -1.91. The average molecular weight is 403 g/mol. The minimum atomic E-state index is -4.91. The molecule has 5 nitrogen and oxygen atoms in total. The second-order valence-electron chi connectivity index (χ2n) is 7.35. The Bertz CT molecular complexity index is 960. The predicted octanol–water partition coefficient (Wildman–Crippen LogP) is 3.97. The standard InChI is InChI=1S/C21H20F3N3O2/c1-26-16-7-3-2-6-15(16)18-11-14(25-20(29)21(22,23)24)9-10-27(18)19-13(12-28)5-4-8-17(19)26/h2-8,12,14,18H,9-11H2,1H3,(H,25,29)/t14-,18+/m0/s1. The summed E-state index contributed by atoms with van der Waals surface area (Å²) in [4.78, 5) is 27.3. The third-order valence-corrected chi connectivity index (χ3v) is 5.67. The van der Waals surface area contributed by atoms with Crippen molar-refractivity contribution in [1.29, 1.82) is 0 Å². The first-order valence-corrected chi connectivity index (χ1v) is 9.36. The minimum Gasteiger partial charge on any atom is -0.362 e. The Morgan fingerprint density at radius 2 is 1.86 bits per heavy atom. The Morgan fingerprint density at radius 1 is 1.14 bits per heavy atom. The monoisotopic (exact) mass is 403 g/mol. The summed E-state index contributed by atoms with van der Waals surface area (Å²) in [6, 6.07) is 12.3. The van der Waals surface area contributed by atoms with E-state index in [0.29, 0.717) is 24.9 Å². The van der Waals surface area contributed by atoms with E-state index in [2.05, 4.69) is 10.2 Å². The summed E-state index contributed by atoms with van der Waals surface area (Å²) in [5.41, 5.74) is 4.04. The SMILES string of the molecule is CN1c2ccccc2[C@H]2C[C@@H](NC(=O)C(F)(F)F)CCN2c2c(C=O)cccc21. The Labute approximate surface area is 166 Å². The van der Waals surface area contributed by atoms with Crippen molar-refractivity contribution in [1.82, 2.24) is 5.32 Å². The molecule has 1 saturated heterocycles. The molecule has 0 bridgehead atoms. The molecule has 0 aliphatic carbocycles. The third-order valence-electron chi connectivity index (χ3n) is 5.67. The van der Waals surface area contributed by atoms with E-state index in [9.17, 15) is 22.8 Å². The van der Waals surface area contributed by atoms with Gasteiger partial charge in [-0.1, -0.05) is 24.3 Å². The zero-order valence-electron chi connectivity index (χ0n) is 15.7. The lowest BCUT2D eigenvalue weighted by atomic mass is 9.90. The van der Waals surface area contributed by atoms with E-state index in [0.717, 1.165) is 28.9 Å². The number of hydrogen-bond acceptors (Lipinski definition) is 4. The number of nitrogens with one attached hydrogen (secondary N) is 1. The number of rotatable bonds is 2. The summed E-state index contributed by atoms with van der Waals surface area (Å²) in [6.45, 7) is 0.424. The fraction of sp³-hybridized carbons (Fsp3) is 0.333. The lowest BCUT2D eigenvalue weighted by Gasteiger charge is -2.41. The largest absolute Gasteiger partial charge is 0.471 e. The van der Waals surface area contributed by atoms with Gasteiger partial charge in [-0.25, -0.2) is 0 Å². The van der Waals surface area contributed by atoms with E-state index < -0.39 is 18.1 Å². The van der Waals surface area contributed by atoms with Gasteiger partial charge in [-0.15, -0.1) is 0 Å². The highest BCUT2D eigenvalue weighted by Gasteiger charge is 2.42. The van der Waals surface area contributed by atoms with Crippen LogP contribution >= 0.6 is 0 Å². The zero-order chi connectivity index (χ0) is 20.8. The number of carbonyl (C=O) groups excluding carboxylic acids is 2. The molecule has 0 aromatic heterocycles. The quantitative estimate of drug-likeness (QED) is 0.771. The van der Waals surface area contributed by atoms with Crippen molar-refractivity contribution in [2.75, 3.05) is 23.4 Å². The highest BCUT2D eigenvalue weighted by molar-refractivity contribution is 5.94. The van der Waals surface area contributed by atoms with Crippen LogP contribution in [0.5, 0.6) is 0 Å². The normalized spacial score (nSPS) is 20.8. The molecule has 0 unspecified atom stereocenters. The summed E-state index contributed by atoms with van der Waals surface area (Å²) in [6.07, 6.45) is -3.43. The number of piperidine rings is 1. The molecule has 1 N–H and O–H groups in total. The van der Waals surface area contributed by atoms with Crippen molar-refractivity contribution in [2.45, 2.75) is 31.1 Å². The van der Waals surface area contributed by atoms with Crippen LogP contribution in [0.1, 0.15) is 34.8 Å². The number of alkyl halides is 3. The van der Waals surface area contributed by atoms with E-state index in [-0.39, 0.29) is 6.04 Å². The van der Waals surface area contributed by atoms with Crippen LogP contribution in [0.2, 0.25) is 0 Å². The van der Waals surface area contributed by atoms with Crippen molar-refractivity contribution in [3.63, 3.8) is 0 Å². The summed E-state index contributed by atoms with van der Waals surface area (Å²) >= 11 is 0. The fourth-order valence-electron chi connectivity index (χ4n) is 4.36. The highest BCUT2D eigenvalue weighted by Crippen LogP contribution is 2.48. The van der Waals surface area contributed by atoms with Gasteiger partial charge >= 0.3 is 12.1 Å². The Morgan fingerprint density at radius 3 is 2.59 bits per heavy atom. The Kier molecular flexibility index (Phi) is 4.72. The predicted molar refractivity (Wildman–Crippen MR) is 104 cm³/mol. The molecular formula is C21H20F3N3O2. The van der Waals surface area contributed by atoms with Crippen LogP contribution in [0.25, 0.3) is 0 Å². The summed E-state index contributed by atoms with van der Waals surface area (Å²) < 4.78 is 38.2. The molecule has 2 aliphatic heterocycles. The topological polar surface area (TPSA) is 52.7 Å². The van der Waals surface area contributed by atoms with Gasteiger partial charge < -0.3 is 15.1 Å². The van der Waals surface area contributed by atoms with Gasteiger partial charge in [0.15, 0.2) is 6.29 Å². The van der Waals surface area contributed by atoms with Crippen LogP contribution in [0.3, 0.4) is 0 Å². The maximum atomic E-state index is 12.7. The summed E-state index contributed by atoms with van der Waals surface area (Å²) in [5, 5.41) is 2.13. The van der Waals surface area contributed by atoms with Gasteiger partial charge in [-0.05, 0) is 36.6 Å². The Balaban J connectivity index is 1.78. The second-order valence-corrected chi connectivity index (χ2v) is 7.35. The number of halogens is 3. The number of fused-ring (bicyclic) bond motifs is 5. The number of para-hydroxylation sites is 2. The molecule has 4 rings (SSSR count). The maximum absolute atomic E-state index is 12.7. The molecule has 2 heterocycles. The van der Waals surface area contributed by atoms with Crippen LogP contribution in [0.15, 0.2) is 42.5 Å². The van der Waals surface area contributed by atoms with Gasteiger partial charge in [0, 0.05) is 30.9 Å². The molecule has 2 aromatic carbocycles. The van der Waals surface area contributed by atoms with Crippen molar-refractivity contribution in [3.05, 3.63) is 53.6 Å². The maximum Gasteiger partial charge on any atom is 0.471 e. The number of nitrogens with zero attached hydrogens (tertiary/aromatic N) is 2. The first-order valence-electron chi connectivity index (χ1n) is 9.36. The fourth-order valence-corrected chi connectivity index (χ4v) is 4.36. The molecule has 1 amide bonds. The second kappa shape index (κ2) is 7.09. The van der Waals surface area contributed by atoms with E-state index in [1.165, 1.54) is 0 Å². The van der Waals surface area contributed by atoms with Gasteiger partial charge in [0.1, 0.15) is 0 Å². The van der Waals surface area contributed by atoms with E-state index >= 15 is 0 Å². The number of amides is 1. The number of benzene rings is 2. The van der Waals surface area contributed by atoms with Crippen molar-refractivity contribution in [3.8, 4) is 0 Å². The van der Waals surface area contributed by atoms with Gasteiger partial charge in [0.25, 0.3) is 0 Å². The molecule has 0 spiro atoms. The van der Waals surface area contributed by atoms with Crippen molar-refractivity contribution >= 4 is 29.3 Å². The smallest absolute Gasteiger partial charge is 0.362 e. The molecule has 8 heteroatoms. The Hall–Kier alpha value is -3.03. The first-order chi connectivity index (χ1) is 13.8. The highest BCUT2D eigenvalue weighted by atomic mass is 19.4. The van der Waals surface area contributed by atoms with Crippen LogP contribution in [-0.4, -0.2) is 38.0 Å². The molecule has 1 fully saturated rings. The van der Waals surface area contributed by atoms with Crippen LogP contribution in [0.4, 0.5) is 30.2 Å². The third kappa shape index (κ3) is 3.32. The molecule has 152 valence electrons. The number of aldehydes is 1. The molecule has 2 aromatic rings. The van der Waals surface area contributed by atoms with Gasteiger partial charge in [0.05, 0.1) is 17.4 Å². The molecular weight excluding hydrogens is 383 g/mol. The lowest BCUT2D eigenvalue weighted by Crippen LogP contribution is -2.49. The van der Waals surface area contributed by atoms with Crippen LogP contribution < -0.4 is 15.1 Å². The van der Waals surface area contributed by atoms with Gasteiger partial charge in [0.2, 0.25) is 0 Å². The van der Waals surface area contributed by atoms with Crippen molar-refractivity contribution in [2.24, 2.45) is 0 Å². The lowest BCUT2D eigenvalue weighted by molar-refractivity contribution is -0.174. The van der Waals surface area contributed by atoms with Crippen molar-refractivity contribution < 1.29 is 22.8 Å². The average Bonchev–Trinajstić information content (AvgIpc) is 2.81. The molecule has 2 atom stereocenters. The number of hydrogen-bond donors (Lipinski definition) is 1. The zero-order valence-corrected chi connectivity index (χ0v) is 15.7. The van der Waals surface area contributed by atoms with Gasteiger partial charge in [-0.2, -0.15) is 13.2 Å². The molecule has 0 radical (unpaired) electrons. The summed E-state index contributed by atoms with van der Waals surface area (Å²) in [7, 11) is 1.91. The van der Waals surface area contributed by atoms with Gasteiger partial charge in [-0.3, -0.25) is 9.59 Å². The van der Waals surface area contributed by atoms with Crippen LogP contribution in [-0.2, 0) is 4.79 Å². The number of anilines is 3. The first kappa shape index (κ1) is 19.3. The van der Waals surface area contributed by atoms with Crippen LogP contribution in [0, 0.1) is 0 Å². The van der Waals surface area contributed by atoms with E-state index in [4.69, 9.17) is 0 Å². The number of carbonyl (C=O) groups is 2. The minimum absolute atomic E-state index is 0.261. The van der Waals surface area contributed by atoms with E-state index in [1.807, 2.05) is 48.3 Å². The molecule has 29 heavy (non-hydrogen) atoms. The molecule has 0 saturated carbocycles. The molecule has 2 aliphatic rings. The van der Waals surface area contributed by atoms with E-state index in [1.54, 1.807) is 6.07 Å².